The van der Waals surface area contributed by atoms with Gasteiger partial charge in [-0.1, -0.05) is 24.3 Å². The third-order valence-corrected chi connectivity index (χ3v) is 2.38. The second kappa shape index (κ2) is 5.10. The first kappa shape index (κ1) is 11.2. The Bertz CT molecular complexity index is 259. The lowest BCUT2D eigenvalue weighted by molar-refractivity contribution is 0.118. The highest BCUT2D eigenvalue weighted by Crippen LogP contribution is 2.23. The van der Waals surface area contributed by atoms with Crippen LogP contribution in [0.5, 0.6) is 0 Å². The van der Waals surface area contributed by atoms with Gasteiger partial charge in [0, 0.05) is 7.11 Å². The van der Waals surface area contributed by atoms with Gasteiger partial charge in [-0.05, 0) is 18.1 Å². The molecule has 1 rings (SSSR count). The predicted molar refractivity (Wildman–Crippen MR) is 55.9 cm³/mol. The fourth-order valence-electron chi connectivity index (χ4n) is 1.44. The molecule has 0 saturated heterocycles. The summed E-state index contributed by atoms with van der Waals surface area (Å²) in [7, 11) is 1.66. The average Bonchev–Trinajstić information content (AvgIpc) is 2.27. The molecule has 78 valence electrons. The zero-order valence-electron chi connectivity index (χ0n) is 8.60. The summed E-state index contributed by atoms with van der Waals surface area (Å²) in [4.78, 5) is 0. The Morgan fingerprint density at radius 2 is 1.93 bits per heavy atom. The lowest BCUT2D eigenvalue weighted by Gasteiger charge is -2.18. The molecule has 0 aliphatic rings. The summed E-state index contributed by atoms with van der Waals surface area (Å²) in [6.07, 6.45) is 0.00352. The zero-order chi connectivity index (χ0) is 10.6. The van der Waals surface area contributed by atoms with E-state index < -0.39 is 0 Å². The predicted octanol–water partition coefficient (Wildman–Crippen LogP) is 1.39. The molecule has 0 heterocycles. The first-order valence-electron chi connectivity index (χ1n) is 4.68. The summed E-state index contributed by atoms with van der Waals surface area (Å²) in [6, 6.07) is 7.42. The van der Waals surface area contributed by atoms with E-state index in [2.05, 4.69) is 0 Å². The fraction of sp³-hybridized carbons (Fsp3) is 0.455. The minimum atomic E-state index is -0.330. The molecular formula is C11H17NO2. The molecule has 0 radical (unpaired) electrons. The first-order chi connectivity index (χ1) is 6.70. The monoisotopic (exact) mass is 195 g/mol. The minimum Gasteiger partial charge on any atom is -0.394 e. The van der Waals surface area contributed by atoms with Crippen molar-refractivity contribution in [2.75, 3.05) is 13.7 Å². The highest BCUT2D eigenvalue weighted by Gasteiger charge is 2.13. The molecular weight excluding hydrogens is 178 g/mol. The molecule has 1 aromatic rings. The Morgan fingerprint density at radius 3 is 2.43 bits per heavy atom. The minimum absolute atomic E-state index is 0.00352. The molecule has 14 heavy (non-hydrogen) atoms. The smallest absolute Gasteiger partial charge is 0.0796 e. The van der Waals surface area contributed by atoms with E-state index in [0.29, 0.717) is 0 Å². The van der Waals surface area contributed by atoms with Gasteiger partial charge in [-0.15, -0.1) is 0 Å². The van der Waals surface area contributed by atoms with Gasteiger partial charge >= 0.3 is 0 Å². The Hall–Kier alpha value is -0.900. The maximum absolute atomic E-state index is 9.00. The van der Waals surface area contributed by atoms with Gasteiger partial charge in [-0.2, -0.15) is 0 Å². The van der Waals surface area contributed by atoms with Crippen molar-refractivity contribution in [2.45, 2.75) is 19.1 Å². The van der Waals surface area contributed by atoms with E-state index in [1.807, 2.05) is 31.2 Å². The second-order valence-corrected chi connectivity index (χ2v) is 3.30. The average molecular weight is 195 g/mol. The molecule has 0 fully saturated rings. The van der Waals surface area contributed by atoms with Gasteiger partial charge in [-0.25, -0.2) is 0 Å². The van der Waals surface area contributed by atoms with E-state index >= 15 is 0 Å². The number of hydrogen-bond donors (Lipinski definition) is 2. The Kier molecular flexibility index (Phi) is 4.07. The van der Waals surface area contributed by atoms with Crippen LogP contribution in [-0.2, 0) is 4.74 Å². The molecule has 0 aliphatic heterocycles. The van der Waals surface area contributed by atoms with E-state index in [-0.39, 0.29) is 18.8 Å². The molecule has 2 unspecified atom stereocenters. The fourth-order valence-corrected chi connectivity index (χ4v) is 1.44. The van der Waals surface area contributed by atoms with Crippen LogP contribution in [0.15, 0.2) is 24.3 Å². The molecule has 0 aliphatic carbocycles. The van der Waals surface area contributed by atoms with Gasteiger partial charge in [0.25, 0.3) is 0 Å². The zero-order valence-corrected chi connectivity index (χ0v) is 8.60. The van der Waals surface area contributed by atoms with Crippen LogP contribution in [0.25, 0.3) is 0 Å². The topological polar surface area (TPSA) is 55.5 Å². The third kappa shape index (κ3) is 2.32. The van der Waals surface area contributed by atoms with Crippen LogP contribution >= 0.6 is 0 Å². The summed E-state index contributed by atoms with van der Waals surface area (Å²) >= 11 is 0. The molecule has 3 heteroatoms. The summed E-state index contributed by atoms with van der Waals surface area (Å²) < 4.78 is 5.23. The highest BCUT2D eigenvalue weighted by molar-refractivity contribution is 5.31. The SMILES string of the molecule is COC(C)c1ccccc1C(N)CO. The maximum Gasteiger partial charge on any atom is 0.0796 e. The van der Waals surface area contributed by atoms with Crippen LogP contribution in [0.4, 0.5) is 0 Å². The second-order valence-electron chi connectivity index (χ2n) is 3.30. The number of benzene rings is 1. The van der Waals surface area contributed by atoms with Crippen LogP contribution < -0.4 is 5.73 Å². The number of ether oxygens (including phenoxy) is 1. The van der Waals surface area contributed by atoms with Crippen LogP contribution in [0, 0.1) is 0 Å². The summed E-state index contributed by atoms with van der Waals surface area (Å²) in [6.45, 7) is 1.91. The quantitative estimate of drug-likeness (QED) is 0.763. The number of rotatable bonds is 4. The maximum atomic E-state index is 9.00. The summed E-state index contributed by atoms with van der Waals surface area (Å²) in [5, 5.41) is 9.00. The van der Waals surface area contributed by atoms with E-state index in [4.69, 9.17) is 15.6 Å². The number of methoxy groups -OCH3 is 1. The van der Waals surface area contributed by atoms with Crippen molar-refractivity contribution in [3.05, 3.63) is 35.4 Å². The largest absolute Gasteiger partial charge is 0.394 e. The molecule has 0 aromatic heterocycles. The number of hydrogen-bond acceptors (Lipinski definition) is 3. The van der Waals surface area contributed by atoms with Crippen molar-refractivity contribution in [3.8, 4) is 0 Å². The molecule has 1 aromatic carbocycles. The number of nitrogens with two attached hydrogens (primary N) is 1. The van der Waals surface area contributed by atoms with Crippen LogP contribution in [0.3, 0.4) is 0 Å². The van der Waals surface area contributed by atoms with Gasteiger partial charge in [0.2, 0.25) is 0 Å². The van der Waals surface area contributed by atoms with Gasteiger partial charge < -0.3 is 15.6 Å². The van der Waals surface area contributed by atoms with Gasteiger partial charge in [0.15, 0.2) is 0 Å². The van der Waals surface area contributed by atoms with Crippen LogP contribution in [-0.4, -0.2) is 18.8 Å². The van der Waals surface area contributed by atoms with Crippen molar-refractivity contribution in [1.29, 1.82) is 0 Å². The summed E-state index contributed by atoms with van der Waals surface area (Å²) in [5.74, 6) is 0. The van der Waals surface area contributed by atoms with Crippen molar-refractivity contribution < 1.29 is 9.84 Å². The Labute approximate surface area is 84.5 Å². The number of aliphatic hydroxyl groups excluding tert-OH is 1. The van der Waals surface area contributed by atoms with Crippen molar-refractivity contribution >= 4 is 0 Å². The Balaban J connectivity index is 3.02. The molecule has 0 spiro atoms. The highest BCUT2D eigenvalue weighted by atomic mass is 16.5. The normalized spacial score (nSPS) is 15.1. The van der Waals surface area contributed by atoms with Gasteiger partial charge in [0.05, 0.1) is 18.8 Å². The van der Waals surface area contributed by atoms with E-state index in [0.717, 1.165) is 11.1 Å². The third-order valence-electron chi connectivity index (χ3n) is 2.38. The van der Waals surface area contributed by atoms with Crippen molar-refractivity contribution in [2.24, 2.45) is 5.73 Å². The standard InChI is InChI=1S/C11H17NO2/c1-8(14-2)9-5-3-4-6-10(9)11(12)7-13/h3-6,8,11,13H,7,12H2,1-2H3. The molecule has 0 amide bonds. The molecule has 0 bridgehead atoms. The van der Waals surface area contributed by atoms with Gasteiger partial charge in [-0.3, -0.25) is 0 Å². The summed E-state index contributed by atoms with van der Waals surface area (Å²) in [5.41, 5.74) is 7.77. The lowest BCUT2D eigenvalue weighted by Crippen LogP contribution is -2.17. The number of aliphatic hydroxyl groups is 1. The molecule has 3 N–H and O–H groups in total. The van der Waals surface area contributed by atoms with E-state index in [1.54, 1.807) is 7.11 Å². The lowest BCUT2D eigenvalue weighted by atomic mass is 9.98. The van der Waals surface area contributed by atoms with Crippen molar-refractivity contribution in [3.63, 3.8) is 0 Å². The first-order valence-corrected chi connectivity index (χ1v) is 4.68. The van der Waals surface area contributed by atoms with Crippen molar-refractivity contribution in [1.82, 2.24) is 0 Å². The van der Waals surface area contributed by atoms with Crippen LogP contribution in [0.2, 0.25) is 0 Å². The van der Waals surface area contributed by atoms with Gasteiger partial charge in [0.1, 0.15) is 0 Å². The molecule has 3 nitrogen and oxygen atoms in total. The van der Waals surface area contributed by atoms with E-state index in [1.165, 1.54) is 0 Å². The Morgan fingerprint density at radius 1 is 1.36 bits per heavy atom. The van der Waals surface area contributed by atoms with E-state index in [9.17, 15) is 0 Å². The molecule has 2 atom stereocenters. The van der Waals surface area contributed by atoms with Crippen LogP contribution in [0.1, 0.15) is 30.2 Å². The molecule has 0 saturated carbocycles.